The van der Waals surface area contributed by atoms with Crippen LogP contribution in [0.15, 0.2) is 41.4 Å². The fourth-order valence-corrected chi connectivity index (χ4v) is 4.61. The average Bonchev–Trinajstić information content (AvgIpc) is 3.04. The van der Waals surface area contributed by atoms with Gasteiger partial charge in [0.2, 0.25) is 0 Å². The Morgan fingerprint density at radius 2 is 1.91 bits per heavy atom. The summed E-state index contributed by atoms with van der Waals surface area (Å²) in [6.07, 6.45) is 1.82. The van der Waals surface area contributed by atoms with Crippen molar-refractivity contribution in [1.82, 2.24) is 14.8 Å². The van der Waals surface area contributed by atoms with E-state index in [9.17, 15) is 22.7 Å². The predicted molar refractivity (Wildman–Crippen MR) is 123 cm³/mol. The summed E-state index contributed by atoms with van der Waals surface area (Å²) in [7, 11) is -2.36. The van der Waals surface area contributed by atoms with E-state index in [0.29, 0.717) is 13.0 Å². The lowest BCUT2D eigenvalue weighted by molar-refractivity contribution is 0.0696. The molecular weight excluding hydrogens is 449 g/mol. The van der Waals surface area contributed by atoms with Crippen molar-refractivity contribution in [3.63, 3.8) is 0 Å². The molecule has 0 aliphatic rings. The number of rotatable bonds is 9. The van der Waals surface area contributed by atoms with Gasteiger partial charge in [-0.05, 0) is 63.1 Å². The zero-order valence-electron chi connectivity index (χ0n) is 18.8. The van der Waals surface area contributed by atoms with Gasteiger partial charge < -0.3 is 10.0 Å². The summed E-state index contributed by atoms with van der Waals surface area (Å²) in [4.78, 5) is 17.2. The fourth-order valence-electron chi connectivity index (χ4n) is 3.56. The first kappa shape index (κ1) is 24.2. The number of benzene rings is 1. The zero-order valence-corrected chi connectivity index (χ0v) is 19.6. The number of nitrogens with one attached hydrogen (secondary N) is 1. The first-order chi connectivity index (χ1) is 15.5. The number of carboxylic acid groups (broad SMARTS) is 1. The Balaban J connectivity index is 1.91. The molecule has 0 amide bonds. The number of hydrogen-bond donors (Lipinski definition) is 2. The quantitative estimate of drug-likeness (QED) is 0.488. The third-order valence-corrected chi connectivity index (χ3v) is 6.75. The molecule has 11 heteroatoms. The summed E-state index contributed by atoms with van der Waals surface area (Å²) in [6.45, 7) is 7.21. The second-order valence-corrected chi connectivity index (χ2v) is 9.28. The van der Waals surface area contributed by atoms with E-state index in [4.69, 9.17) is 0 Å². The molecule has 0 unspecified atom stereocenters. The van der Waals surface area contributed by atoms with E-state index < -0.39 is 21.8 Å². The molecule has 0 fully saturated rings. The number of aromatic nitrogens is 3. The standard InChI is InChI=1S/C22H26FN5O4S/c1-5-28-15(3)19(14(2)25-28)10-11-27(4)21-20(12-16(13-24-21)22(29)30)26-33(31,32)18-8-6-17(23)7-9-18/h6-9,12-13,26H,5,10-11H2,1-4H3,(H,29,30). The number of pyridine rings is 1. The van der Waals surface area contributed by atoms with Gasteiger partial charge in [-0.2, -0.15) is 5.10 Å². The lowest BCUT2D eigenvalue weighted by Gasteiger charge is -2.22. The van der Waals surface area contributed by atoms with Gasteiger partial charge in [-0.3, -0.25) is 9.40 Å². The van der Waals surface area contributed by atoms with Gasteiger partial charge in [-0.25, -0.2) is 22.6 Å². The molecular formula is C22H26FN5O4S. The average molecular weight is 476 g/mol. The van der Waals surface area contributed by atoms with Crippen molar-refractivity contribution in [2.24, 2.45) is 0 Å². The Bertz CT molecular complexity index is 1270. The molecule has 0 bridgehead atoms. The SMILES string of the molecule is CCn1nc(C)c(CCN(C)c2ncc(C(=O)O)cc2NS(=O)(=O)c2ccc(F)cc2)c1C. The molecule has 0 radical (unpaired) electrons. The zero-order chi connectivity index (χ0) is 24.3. The Morgan fingerprint density at radius 1 is 1.24 bits per heavy atom. The first-order valence-electron chi connectivity index (χ1n) is 10.3. The van der Waals surface area contributed by atoms with Gasteiger partial charge in [0.1, 0.15) is 5.82 Å². The Hall–Kier alpha value is -3.47. The second kappa shape index (κ2) is 9.57. The normalized spacial score (nSPS) is 11.4. The number of nitrogens with zero attached hydrogens (tertiary/aromatic N) is 4. The number of carboxylic acids is 1. The van der Waals surface area contributed by atoms with E-state index in [0.717, 1.165) is 47.8 Å². The van der Waals surface area contributed by atoms with E-state index in [1.54, 1.807) is 11.9 Å². The molecule has 2 aromatic heterocycles. The summed E-state index contributed by atoms with van der Waals surface area (Å²) in [6, 6.07) is 5.55. The molecule has 0 aliphatic carbocycles. The highest BCUT2D eigenvalue weighted by molar-refractivity contribution is 7.92. The van der Waals surface area contributed by atoms with Crippen LogP contribution in [-0.2, 0) is 23.0 Å². The predicted octanol–water partition coefficient (Wildman–Crippen LogP) is 3.23. The molecule has 0 spiro atoms. The molecule has 0 aliphatic heterocycles. The van der Waals surface area contributed by atoms with Crippen LogP contribution in [0.1, 0.15) is 34.2 Å². The minimum atomic E-state index is -4.10. The number of carbonyl (C=O) groups is 1. The lowest BCUT2D eigenvalue weighted by Crippen LogP contribution is -2.25. The molecule has 2 heterocycles. The molecule has 0 saturated heterocycles. The van der Waals surface area contributed by atoms with Crippen LogP contribution in [0.4, 0.5) is 15.9 Å². The van der Waals surface area contributed by atoms with Crippen LogP contribution >= 0.6 is 0 Å². The Kier molecular flexibility index (Phi) is 7.01. The van der Waals surface area contributed by atoms with E-state index in [-0.39, 0.29) is 22.0 Å². The number of aromatic carboxylic acids is 1. The number of halogens is 1. The minimum Gasteiger partial charge on any atom is -0.478 e. The summed E-state index contributed by atoms with van der Waals surface area (Å²) in [5.74, 6) is -1.54. The third kappa shape index (κ3) is 5.30. The number of hydrogen-bond acceptors (Lipinski definition) is 6. The van der Waals surface area contributed by atoms with Crippen molar-refractivity contribution in [3.05, 3.63) is 64.9 Å². The number of aryl methyl sites for hydroxylation is 2. The molecule has 3 rings (SSSR count). The topological polar surface area (TPSA) is 117 Å². The maximum atomic E-state index is 13.2. The van der Waals surface area contributed by atoms with Crippen LogP contribution < -0.4 is 9.62 Å². The Labute approximate surface area is 191 Å². The van der Waals surface area contributed by atoms with E-state index in [2.05, 4.69) is 14.8 Å². The van der Waals surface area contributed by atoms with E-state index >= 15 is 0 Å². The summed E-state index contributed by atoms with van der Waals surface area (Å²) < 4.78 is 43.2. The smallest absolute Gasteiger partial charge is 0.337 e. The van der Waals surface area contributed by atoms with Crippen molar-refractivity contribution < 1.29 is 22.7 Å². The van der Waals surface area contributed by atoms with Gasteiger partial charge in [0.25, 0.3) is 10.0 Å². The van der Waals surface area contributed by atoms with Crippen LogP contribution in [0.5, 0.6) is 0 Å². The monoisotopic (exact) mass is 475 g/mol. The van der Waals surface area contributed by atoms with Crippen LogP contribution in [-0.4, -0.2) is 47.9 Å². The van der Waals surface area contributed by atoms with Crippen molar-refractivity contribution in [2.45, 2.75) is 38.6 Å². The first-order valence-corrected chi connectivity index (χ1v) is 11.8. The van der Waals surface area contributed by atoms with Gasteiger partial charge in [0, 0.05) is 32.0 Å². The van der Waals surface area contributed by atoms with Gasteiger partial charge in [0.05, 0.1) is 21.8 Å². The van der Waals surface area contributed by atoms with Crippen LogP contribution in [0.2, 0.25) is 0 Å². The maximum absolute atomic E-state index is 13.2. The maximum Gasteiger partial charge on any atom is 0.337 e. The summed E-state index contributed by atoms with van der Waals surface area (Å²) in [5.41, 5.74) is 2.93. The highest BCUT2D eigenvalue weighted by Gasteiger charge is 2.21. The van der Waals surface area contributed by atoms with E-state index in [1.807, 2.05) is 25.5 Å². The Morgan fingerprint density at radius 3 is 2.48 bits per heavy atom. The highest BCUT2D eigenvalue weighted by Crippen LogP contribution is 2.27. The molecule has 33 heavy (non-hydrogen) atoms. The number of anilines is 2. The van der Waals surface area contributed by atoms with Gasteiger partial charge in [0.15, 0.2) is 5.82 Å². The molecule has 9 nitrogen and oxygen atoms in total. The number of sulfonamides is 1. The molecule has 0 atom stereocenters. The molecule has 3 aromatic rings. The van der Waals surface area contributed by atoms with Crippen molar-refractivity contribution >= 4 is 27.5 Å². The van der Waals surface area contributed by atoms with Crippen LogP contribution in [0.3, 0.4) is 0 Å². The largest absolute Gasteiger partial charge is 0.478 e. The highest BCUT2D eigenvalue weighted by atomic mass is 32.2. The summed E-state index contributed by atoms with van der Waals surface area (Å²) in [5, 5.41) is 13.9. The third-order valence-electron chi connectivity index (χ3n) is 5.37. The van der Waals surface area contributed by atoms with Crippen LogP contribution in [0, 0.1) is 19.7 Å². The van der Waals surface area contributed by atoms with Gasteiger partial charge in [-0.15, -0.1) is 0 Å². The second-order valence-electron chi connectivity index (χ2n) is 7.60. The minimum absolute atomic E-state index is 0.0134. The lowest BCUT2D eigenvalue weighted by atomic mass is 10.1. The molecule has 176 valence electrons. The van der Waals surface area contributed by atoms with Gasteiger partial charge in [-0.1, -0.05) is 0 Å². The van der Waals surface area contributed by atoms with Crippen molar-refractivity contribution in [3.8, 4) is 0 Å². The molecule has 2 N–H and O–H groups in total. The fraction of sp³-hybridized carbons (Fsp3) is 0.318. The number of likely N-dealkylation sites (N-methyl/N-ethyl adjacent to an activating group) is 1. The van der Waals surface area contributed by atoms with Crippen LogP contribution in [0.25, 0.3) is 0 Å². The molecule has 1 aromatic carbocycles. The van der Waals surface area contributed by atoms with Crippen molar-refractivity contribution in [1.29, 1.82) is 0 Å². The van der Waals surface area contributed by atoms with E-state index in [1.165, 1.54) is 12.3 Å². The molecule has 0 saturated carbocycles. The van der Waals surface area contributed by atoms with Crippen molar-refractivity contribution in [2.75, 3.05) is 23.2 Å². The van der Waals surface area contributed by atoms with Gasteiger partial charge >= 0.3 is 5.97 Å². The summed E-state index contributed by atoms with van der Waals surface area (Å²) >= 11 is 0.